The van der Waals surface area contributed by atoms with Crippen LogP contribution in [0.4, 0.5) is 0 Å². The first-order chi connectivity index (χ1) is 8.30. The monoisotopic (exact) mass is 283 g/mol. The van der Waals surface area contributed by atoms with E-state index in [-0.39, 0.29) is 0 Å². The zero-order chi connectivity index (χ0) is 13.9. The molecule has 0 aliphatic carbocycles. The summed E-state index contributed by atoms with van der Waals surface area (Å²) in [6, 6.07) is 5.72. The van der Waals surface area contributed by atoms with Crippen LogP contribution in [0, 0.1) is 18.3 Å². The molecule has 0 spiro atoms. The average molecular weight is 284 g/mol. The Hall–Kier alpha value is -1.02. The first-order valence-electron chi connectivity index (χ1n) is 5.70. The number of halogens is 1. The van der Waals surface area contributed by atoms with Gasteiger partial charge in [-0.15, -0.1) is 0 Å². The average Bonchev–Trinajstić information content (AvgIpc) is 2.28. The number of hydrogen-bond acceptors (Lipinski definition) is 3. The molecule has 0 unspecified atom stereocenters. The summed E-state index contributed by atoms with van der Waals surface area (Å²) >= 11 is 6.11. The molecule has 0 heterocycles. The van der Waals surface area contributed by atoms with Crippen molar-refractivity contribution in [1.82, 2.24) is 0 Å². The van der Waals surface area contributed by atoms with Gasteiger partial charge >= 0.3 is 0 Å². The van der Waals surface area contributed by atoms with E-state index in [4.69, 9.17) is 20.8 Å². The Labute approximate surface area is 114 Å². The van der Waals surface area contributed by atoms with Crippen LogP contribution in [0.2, 0.25) is 24.7 Å². The quantitative estimate of drug-likeness (QED) is 0.782. The fourth-order valence-corrected chi connectivity index (χ4v) is 2.73. The Bertz CT molecular complexity index is 477. The molecule has 3 nitrogen and oxygen atoms in total. The van der Waals surface area contributed by atoms with Crippen LogP contribution in [-0.2, 0) is 4.43 Å². The highest BCUT2D eigenvalue weighted by molar-refractivity contribution is 6.69. The molecule has 1 aromatic rings. The predicted molar refractivity (Wildman–Crippen MR) is 75.5 cm³/mol. The van der Waals surface area contributed by atoms with Crippen molar-refractivity contribution in [3.8, 4) is 11.8 Å². The van der Waals surface area contributed by atoms with Crippen LogP contribution in [0.15, 0.2) is 12.1 Å². The van der Waals surface area contributed by atoms with Crippen LogP contribution in [0.5, 0.6) is 5.75 Å². The molecule has 1 atom stereocenters. The van der Waals surface area contributed by atoms with E-state index in [1.165, 1.54) is 0 Å². The van der Waals surface area contributed by atoms with Crippen LogP contribution >= 0.6 is 11.6 Å². The molecule has 0 aliphatic rings. The smallest absolute Gasteiger partial charge is 0.186 e. The van der Waals surface area contributed by atoms with Crippen molar-refractivity contribution in [2.45, 2.75) is 32.7 Å². The summed E-state index contributed by atoms with van der Waals surface area (Å²) in [4.78, 5) is 0. The van der Waals surface area contributed by atoms with Gasteiger partial charge in [-0.05, 0) is 44.3 Å². The molecule has 0 saturated heterocycles. The van der Waals surface area contributed by atoms with E-state index in [0.717, 1.165) is 11.1 Å². The molecule has 0 radical (unpaired) electrons. The highest BCUT2D eigenvalue weighted by Crippen LogP contribution is 2.35. The minimum Gasteiger partial charge on any atom is -0.496 e. The largest absolute Gasteiger partial charge is 0.496 e. The Morgan fingerprint density at radius 3 is 2.39 bits per heavy atom. The number of rotatable bonds is 4. The van der Waals surface area contributed by atoms with Gasteiger partial charge in [0, 0.05) is 10.6 Å². The number of ether oxygens (including phenoxy) is 1. The van der Waals surface area contributed by atoms with Gasteiger partial charge in [0.15, 0.2) is 14.4 Å². The first-order valence-corrected chi connectivity index (χ1v) is 9.49. The molecule has 0 aromatic heterocycles. The van der Waals surface area contributed by atoms with E-state index >= 15 is 0 Å². The highest BCUT2D eigenvalue weighted by atomic mass is 35.5. The SMILES string of the molecule is COc1ccc(Cl)c(C)c1[C@H](C#N)O[Si](C)(C)C. The second-order valence-corrected chi connectivity index (χ2v) is 9.90. The van der Waals surface area contributed by atoms with Gasteiger partial charge in [-0.2, -0.15) is 5.26 Å². The predicted octanol–water partition coefficient (Wildman–Crippen LogP) is 4.07. The number of nitriles is 1. The fourth-order valence-electron chi connectivity index (χ4n) is 1.68. The van der Waals surface area contributed by atoms with Gasteiger partial charge in [-0.3, -0.25) is 0 Å². The van der Waals surface area contributed by atoms with E-state index in [1.807, 2.05) is 26.6 Å². The van der Waals surface area contributed by atoms with Crippen molar-refractivity contribution in [2.24, 2.45) is 0 Å². The maximum absolute atomic E-state index is 9.33. The van der Waals surface area contributed by atoms with Gasteiger partial charge in [-0.1, -0.05) is 11.6 Å². The third-order valence-electron chi connectivity index (χ3n) is 2.48. The maximum atomic E-state index is 9.33. The van der Waals surface area contributed by atoms with Gasteiger partial charge in [0.25, 0.3) is 0 Å². The second-order valence-electron chi connectivity index (χ2n) is 5.03. The topological polar surface area (TPSA) is 42.2 Å². The summed E-state index contributed by atoms with van der Waals surface area (Å²) < 4.78 is 11.2. The Kier molecular flexibility index (Phi) is 4.80. The molecular formula is C13H18ClNO2Si. The Balaban J connectivity index is 3.29. The molecule has 98 valence electrons. The van der Waals surface area contributed by atoms with Crippen molar-refractivity contribution in [2.75, 3.05) is 7.11 Å². The van der Waals surface area contributed by atoms with Gasteiger partial charge in [0.05, 0.1) is 13.2 Å². The third kappa shape index (κ3) is 3.48. The molecule has 1 aromatic carbocycles. The van der Waals surface area contributed by atoms with Crippen LogP contribution in [0.3, 0.4) is 0 Å². The van der Waals surface area contributed by atoms with E-state index in [2.05, 4.69) is 6.07 Å². The Morgan fingerprint density at radius 2 is 1.94 bits per heavy atom. The zero-order valence-electron chi connectivity index (χ0n) is 11.4. The van der Waals surface area contributed by atoms with E-state index in [0.29, 0.717) is 10.8 Å². The molecule has 1 rings (SSSR count). The van der Waals surface area contributed by atoms with Crippen LogP contribution in [0.25, 0.3) is 0 Å². The molecule has 5 heteroatoms. The number of benzene rings is 1. The van der Waals surface area contributed by atoms with Crippen molar-refractivity contribution < 1.29 is 9.16 Å². The van der Waals surface area contributed by atoms with E-state index < -0.39 is 14.4 Å². The van der Waals surface area contributed by atoms with Gasteiger partial charge < -0.3 is 9.16 Å². The molecular weight excluding hydrogens is 266 g/mol. The van der Waals surface area contributed by atoms with Crippen molar-refractivity contribution in [1.29, 1.82) is 5.26 Å². The van der Waals surface area contributed by atoms with Crippen molar-refractivity contribution >= 4 is 19.9 Å². The summed E-state index contributed by atoms with van der Waals surface area (Å²) in [5, 5.41) is 9.94. The lowest BCUT2D eigenvalue weighted by Gasteiger charge is -2.24. The van der Waals surface area contributed by atoms with Crippen molar-refractivity contribution in [3.63, 3.8) is 0 Å². The van der Waals surface area contributed by atoms with Crippen LogP contribution in [0.1, 0.15) is 17.2 Å². The van der Waals surface area contributed by atoms with Crippen molar-refractivity contribution in [3.05, 3.63) is 28.3 Å². The van der Waals surface area contributed by atoms with Gasteiger partial charge in [0.1, 0.15) is 5.75 Å². The molecule has 0 bridgehead atoms. The summed E-state index contributed by atoms with van der Waals surface area (Å²) in [6.45, 7) is 8.01. The number of hydrogen-bond donors (Lipinski definition) is 0. The lowest BCUT2D eigenvalue weighted by Crippen LogP contribution is -2.28. The Morgan fingerprint density at radius 1 is 1.33 bits per heavy atom. The number of methoxy groups -OCH3 is 1. The summed E-state index contributed by atoms with van der Waals surface area (Å²) in [5.74, 6) is 0.640. The lowest BCUT2D eigenvalue weighted by molar-refractivity contribution is 0.247. The zero-order valence-corrected chi connectivity index (χ0v) is 13.1. The summed E-state index contributed by atoms with van der Waals surface area (Å²) in [5.41, 5.74) is 1.57. The van der Waals surface area contributed by atoms with Crippen LogP contribution in [-0.4, -0.2) is 15.4 Å². The second kappa shape index (κ2) is 5.74. The molecule has 0 amide bonds. The molecule has 0 fully saturated rings. The lowest BCUT2D eigenvalue weighted by atomic mass is 10.0. The van der Waals surface area contributed by atoms with E-state index in [1.54, 1.807) is 19.2 Å². The standard InChI is InChI=1S/C13H18ClNO2Si/c1-9-10(14)6-7-11(16-2)13(9)12(8-15)17-18(3,4)5/h6-7,12H,1-5H3/t12-/m0/s1. The fraction of sp³-hybridized carbons (Fsp3) is 0.462. The molecule has 0 aliphatic heterocycles. The molecule has 0 saturated carbocycles. The first kappa shape index (κ1) is 15.0. The summed E-state index contributed by atoms with van der Waals surface area (Å²) in [6.07, 6.45) is -0.634. The molecule has 0 N–H and O–H groups in total. The highest BCUT2D eigenvalue weighted by Gasteiger charge is 2.26. The van der Waals surface area contributed by atoms with Gasteiger partial charge in [0.2, 0.25) is 0 Å². The number of nitrogens with zero attached hydrogens (tertiary/aromatic N) is 1. The van der Waals surface area contributed by atoms with Crippen LogP contribution < -0.4 is 4.74 Å². The maximum Gasteiger partial charge on any atom is 0.186 e. The summed E-state index contributed by atoms with van der Waals surface area (Å²) in [7, 11) is -0.243. The minimum atomic E-state index is -1.82. The minimum absolute atomic E-state index is 0.616. The third-order valence-corrected chi connectivity index (χ3v) is 3.83. The normalized spacial score (nSPS) is 12.9. The van der Waals surface area contributed by atoms with E-state index in [9.17, 15) is 5.26 Å². The van der Waals surface area contributed by atoms with Gasteiger partial charge in [-0.25, -0.2) is 0 Å². The molecule has 18 heavy (non-hydrogen) atoms.